The van der Waals surface area contributed by atoms with Gasteiger partial charge < -0.3 is 19.7 Å². The predicted molar refractivity (Wildman–Crippen MR) is 122 cm³/mol. The molecule has 0 fully saturated rings. The molecule has 0 spiro atoms. The summed E-state index contributed by atoms with van der Waals surface area (Å²) in [5, 5.41) is 2.86. The van der Waals surface area contributed by atoms with E-state index in [2.05, 4.69) is 5.32 Å². The van der Waals surface area contributed by atoms with Crippen molar-refractivity contribution in [3.63, 3.8) is 0 Å². The molecule has 0 heterocycles. The molecule has 0 aliphatic heterocycles. The van der Waals surface area contributed by atoms with E-state index in [0.29, 0.717) is 45.4 Å². The van der Waals surface area contributed by atoms with Gasteiger partial charge in [-0.25, -0.2) is 0 Å². The molecule has 0 aliphatic rings. The van der Waals surface area contributed by atoms with Gasteiger partial charge in [0.05, 0.1) is 13.7 Å². The lowest BCUT2D eigenvalue weighted by molar-refractivity contribution is -0.140. The molecule has 168 valence electrons. The number of benzene rings is 2. The molecule has 1 atom stereocenters. The van der Waals surface area contributed by atoms with Gasteiger partial charge in [0.2, 0.25) is 11.8 Å². The molecule has 0 saturated heterocycles. The molecule has 2 aromatic carbocycles. The van der Waals surface area contributed by atoms with Crippen LogP contribution in [0.4, 0.5) is 0 Å². The van der Waals surface area contributed by atoms with Crippen molar-refractivity contribution in [3.05, 3.63) is 60.2 Å². The number of carbonyl (C=O) groups excluding carboxylic acids is 2. The zero-order valence-electron chi connectivity index (χ0n) is 18.8. The van der Waals surface area contributed by atoms with Crippen LogP contribution in [0.15, 0.2) is 54.6 Å². The van der Waals surface area contributed by atoms with Gasteiger partial charge in [-0.3, -0.25) is 9.59 Å². The fraction of sp³-hybridized carbons (Fsp3) is 0.440. The van der Waals surface area contributed by atoms with E-state index in [1.807, 2.05) is 68.4 Å². The maximum Gasteiger partial charge on any atom is 0.242 e. The SMILES string of the molecule is CCNC(=O)C(CC)N(CCc1ccccc1)C(=O)CCCOc1ccc(OC)cc1. The van der Waals surface area contributed by atoms with E-state index in [4.69, 9.17) is 9.47 Å². The Labute approximate surface area is 185 Å². The Kier molecular flexibility index (Phi) is 10.4. The van der Waals surface area contributed by atoms with Crippen LogP contribution in [0.25, 0.3) is 0 Å². The summed E-state index contributed by atoms with van der Waals surface area (Å²) >= 11 is 0. The number of amides is 2. The average Bonchev–Trinajstić information content (AvgIpc) is 2.80. The summed E-state index contributed by atoms with van der Waals surface area (Å²) in [5.74, 6) is 1.39. The fourth-order valence-corrected chi connectivity index (χ4v) is 3.42. The Morgan fingerprint density at radius 3 is 2.29 bits per heavy atom. The van der Waals surface area contributed by atoms with Crippen LogP contribution in [-0.2, 0) is 16.0 Å². The highest BCUT2D eigenvalue weighted by Crippen LogP contribution is 2.17. The summed E-state index contributed by atoms with van der Waals surface area (Å²) in [4.78, 5) is 27.3. The first-order valence-corrected chi connectivity index (χ1v) is 11.0. The lowest BCUT2D eigenvalue weighted by atomic mass is 10.1. The Balaban J connectivity index is 1.94. The summed E-state index contributed by atoms with van der Waals surface area (Å²) in [7, 11) is 1.62. The molecule has 31 heavy (non-hydrogen) atoms. The van der Waals surface area contributed by atoms with Crippen LogP contribution in [0, 0.1) is 0 Å². The summed E-state index contributed by atoms with van der Waals surface area (Å²) < 4.78 is 10.9. The Bertz CT molecular complexity index is 793. The van der Waals surface area contributed by atoms with Crippen molar-refractivity contribution in [2.45, 2.75) is 45.6 Å². The van der Waals surface area contributed by atoms with Crippen LogP contribution in [0.5, 0.6) is 11.5 Å². The monoisotopic (exact) mass is 426 g/mol. The average molecular weight is 427 g/mol. The van der Waals surface area contributed by atoms with Gasteiger partial charge in [-0.05, 0) is 56.0 Å². The Morgan fingerprint density at radius 2 is 1.68 bits per heavy atom. The van der Waals surface area contributed by atoms with Crippen LogP contribution in [0.2, 0.25) is 0 Å². The van der Waals surface area contributed by atoms with Crippen molar-refractivity contribution in [2.24, 2.45) is 0 Å². The highest BCUT2D eigenvalue weighted by Gasteiger charge is 2.27. The third-order valence-corrected chi connectivity index (χ3v) is 5.08. The minimum Gasteiger partial charge on any atom is -0.497 e. The molecular weight excluding hydrogens is 392 g/mol. The molecule has 2 aromatic rings. The van der Waals surface area contributed by atoms with Gasteiger partial charge in [-0.15, -0.1) is 0 Å². The molecule has 0 bridgehead atoms. The fourth-order valence-electron chi connectivity index (χ4n) is 3.42. The molecule has 1 N–H and O–H groups in total. The first-order valence-electron chi connectivity index (χ1n) is 11.0. The van der Waals surface area contributed by atoms with Crippen molar-refractivity contribution in [3.8, 4) is 11.5 Å². The topological polar surface area (TPSA) is 67.9 Å². The second-order valence-corrected chi connectivity index (χ2v) is 7.27. The largest absolute Gasteiger partial charge is 0.497 e. The molecule has 2 amide bonds. The maximum atomic E-state index is 13.0. The number of hydrogen-bond acceptors (Lipinski definition) is 4. The molecule has 0 saturated carbocycles. The van der Waals surface area contributed by atoms with E-state index in [0.717, 1.165) is 17.1 Å². The Morgan fingerprint density at radius 1 is 1.00 bits per heavy atom. The number of nitrogens with one attached hydrogen (secondary N) is 1. The van der Waals surface area contributed by atoms with E-state index in [-0.39, 0.29) is 11.8 Å². The zero-order chi connectivity index (χ0) is 22.5. The minimum atomic E-state index is -0.460. The van der Waals surface area contributed by atoms with Crippen LogP contribution < -0.4 is 14.8 Å². The van der Waals surface area contributed by atoms with Gasteiger partial charge >= 0.3 is 0 Å². The van der Waals surface area contributed by atoms with E-state index < -0.39 is 6.04 Å². The quantitative estimate of drug-likeness (QED) is 0.494. The Hall–Kier alpha value is -3.02. The van der Waals surface area contributed by atoms with Crippen molar-refractivity contribution in [2.75, 3.05) is 26.8 Å². The second-order valence-electron chi connectivity index (χ2n) is 7.27. The summed E-state index contributed by atoms with van der Waals surface area (Å²) in [6.45, 7) is 5.32. The number of hydrogen-bond donors (Lipinski definition) is 1. The van der Waals surface area contributed by atoms with Gasteiger partial charge in [-0.1, -0.05) is 37.3 Å². The molecule has 0 aromatic heterocycles. The van der Waals surface area contributed by atoms with Crippen molar-refractivity contribution in [1.82, 2.24) is 10.2 Å². The van der Waals surface area contributed by atoms with E-state index in [9.17, 15) is 9.59 Å². The zero-order valence-corrected chi connectivity index (χ0v) is 18.8. The van der Waals surface area contributed by atoms with Gasteiger partial charge in [0.1, 0.15) is 17.5 Å². The first kappa shape index (κ1) is 24.3. The number of rotatable bonds is 13. The standard InChI is InChI=1S/C25H34N2O4/c1-4-23(25(29)26-5-2)27(18-17-20-10-7-6-8-11-20)24(28)12-9-19-31-22-15-13-21(30-3)14-16-22/h6-8,10-11,13-16,23H,4-5,9,12,17-19H2,1-3H3,(H,26,29). The van der Waals surface area contributed by atoms with Gasteiger partial charge in [0.25, 0.3) is 0 Å². The number of nitrogens with zero attached hydrogens (tertiary/aromatic N) is 1. The number of likely N-dealkylation sites (N-methyl/N-ethyl adjacent to an activating group) is 1. The summed E-state index contributed by atoms with van der Waals surface area (Å²) in [6, 6.07) is 16.9. The molecule has 0 aliphatic carbocycles. The van der Waals surface area contributed by atoms with E-state index >= 15 is 0 Å². The lowest BCUT2D eigenvalue weighted by Gasteiger charge is -2.30. The van der Waals surface area contributed by atoms with Crippen LogP contribution in [0.1, 0.15) is 38.7 Å². The summed E-state index contributed by atoms with van der Waals surface area (Å²) in [5.41, 5.74) is 1.15. The smallest absolute Gasteiger partial charge is 0.242 e. The van der Waals surface area contributed by atoms with Crippen LogP contribution in [-0.4, -0.2) is 49.6 Å². The maximum absolute atomic E-state index is 13.0. The molecule has 6 heteroatoms. The normalized spacial score (nSPS) is 11.5. The predicted octanol–water partition coefficient (Wildman–Crippen LogP) is 3.84. The number of carbonyl (C=O) groups is 2. The second kappa shape index (κ2) is 13.3. The molecule has 6 nitrogen and oxygen atoms in total. The van der Waals surface area contributed by atoms with Gasteiger partial charge in [0, 0.05) is 19.5 Å². The third-order valence-electron chi connectivity index (χ3n) is 5.08. The number of ether oxygens (including phenoxy) is 2. The lowest BCUT2D eigenvalue weighted by Crippen LogP contribution is -2.50. The number of methoxy groups -OCH3 is 1. The van der Waals surface area contributed by atoms with Crippen molar-refractivity contribution in [1.29, 1.82) is 0 Å². The van der Waals surface area contributed by atoms with Crippen molar-refractivity contribution >= 4 is 11.8 Å². The summed E-state index contributed by atoms with van der Waals surface area (Å²) in [6.07, 6.45) is 2.21. The van der Waals surface area contributed by atoms with Crippen molar-refractivity contribution < 1.29 is 19.1 Å². The van der Waals surface area contributed by atoms with Gasteiger partial charge in [-0.2, -0.15) is 0 Å². The van der Waals surface area contributed by atoms with Crippen LogP contribution >= 0.6 is 0 Å². The highest BCUT2D eigenvalue weighted by atomic mass is 16.5. The molecule has 2 rings (SSSR count). The van der Waals surface area contributed by atoms with Crippen LogP contribution in [0.3, 0.4) is 0 Å². The molecule has 0 radical (unpaired) electrons. The first-order chi connectivity index (χ1) is 15.1. The molecule has 1 unspecified atom stereocenters. The third kappa shape index (κ3) is 7.96. The van der Waals surface area contributed by atoms with E-state index in [1.54, 1.807) is 12.0 Å². The van der Waals surface area contributed by atoms with E-state index in [1.165, 1.54) is 0 Å². The van der Waals surface area contributed by atoms with Gasteiger partial charge in [0.15, 0.2) is 0 Å². The highest BCUT2D eigenvalue weighted by molar-refractivity contribution is 5.87. The molecular formula is C25H34N2O4. The minimum absolute atomic E-state index is 0.0210.